The number of hydrogen-bond acceptors (Lipinski definition) is 6. The van der Waals surface area contributed by atoms with E-state index in [9.17, 15) is 4.39 Å². The lowest BCUT2D eigenvalue weighted by molar-refractivity contribution is 0.327. The van der Waals surface area contributed by atoms with E-state index in [2.05, 4.69) is 15.0 Å². The van der Waals surface area contributed by atoms with Crippen LogP contribution in [0.5, 0.6) is 5.75 Å². The molecule has 1 saturated heterocycles. The third kappa shape index (κ3) is 3.71. The van der Waals surface area contributed by atoms with E-state index in [1.54, 1.807) is 19.2 Å². The molecule has 0 bridgehead atoms. The van der Waals surface area contributed by atoms with Gasteiger partial charge in [0.25, 0.3) is 0 Å². The molecule has 0 radical (unpaired) electrons. The van der Waals surface area contributed by atoms with Crippen molar-refractivity contribution >= 4 is 16.6 Å². The maximum atomic E-state index is 14.1. The molecule has 0 atom stereocenters. The molecule has 6 nitrogen and oxygen atoms in total. The van der Waals surface area contributed by atoms with E-state index in [0.717, 1.165) is 59.5 Å². The summed E-state index contributed by atoms with van der Waals surface area (Å²) in [7, 11) is 1.65. The van der Waals surface area contributed by atoms with Gasteiger partial charge in [-0.05, 0) is 56.2 Å². The Hall–Kier alpha value is -3.48. The second-order valence-corrected chi connectivity index (χ2v) is 7.83. The number of hydrogen-bond donors (Lipinski definition) is 0. The van der Waals surface area contributed by atoms with Gasteiger partial charge in [0.05, 0.1) is 18.3 Å². The minimum absolute atomic E-state index is 0.246. The van der Waals surface area contributed by atoms with Crippen molar-refractivity contribution in [1.29, 1.82) is 0 Å². The summed E-state index contributed by atoms with van der Waals surface area (Å²) in [5, 5.41) is 4.73. The molecule has 31 heavy (non-hydrogen) atoms. The number of ether oxygens (including phenoxy) is 1. The number of piperidine rings is 1. The summed E-state index contributed by atoms with van der Waals surface area (Å²) in [5.74, 6) is 2.10. The fraction of sp³-hybridized carbons (Fsp3) is 0.292. The van der Waals surface area contributed by atoms with Crippen LogP contribution < -0.4 is 9.64 Å². The van der Waals surface area contributed by atoms with Crippen LogP contribution in [-0.4, -0.2) is 35.3 Å². The largest absolute Gasteiger partial charge is 0.496 e. The van der Waals surface area contributed by atoms with Gasteiger partial charge >= 0.3 is 0 Å². The van der Waals surface area contributed by atoms with Crippen molar-refractivity contribution in [3.05, 3.63) is 66.1 Å². The van der Waals surface area contributed by atoms with Crippen LogP contribution in [0.4, 0.5) is 10.1 Å². The minimum Gasteiger partial charge on any atom is -0.496 e. The topological polar surface area (TPSA) is 64.3 Å². The average Bonchev–Trinajstić information content (AvgIpc) is 3.25. The molecule has 5 rings (SSSR count). The van der Waals surface area contributed by atoms with Gasteiger partial charge in [-0.2, -0.15) is 4.98 Å². The second kappa shape index (κ2) is 7.98. The smallest absolute Gasteiger partial charge is 0.229 e. The van der Waals surface area contributed by atoms with Crippen molar-refractivity contribution in [1.82, 2.24) is 15.1 Å². The highest BCUT2D eigenvalue weighted by Gasteiger charge is 2.26. The summed E-state index contributed by atoms with van der Waals surface area (Å²) in [5.41, 5.74) is 3.45. The number of fused-ring (bicyclic) bond motifs is 1. The Kier molecular flexibility index (Phi) is 5.02. The molecular weight excluding hydrogens is 395 g/mol. The highest BCUT2D eigenvalue weighted by Crippen LogP contribution is 2.37. The first kappa shape index (κ1) is 19.5. The van der Waals surface area contributed by atoms with E-state index in [1.165, 1.54) is 6.07 Å². The molecule has 4 aromatic rings. The predicted octanol–water partition coefficient (Wildman–Crippen LogP) is 5.12. The number of pyridine rings is 1. The molecule has 158 valence electrons. The molecule has 1 aliphatic heterocycles. The summed E-state index contributed by atoms with van der Waals surface area (Å²) >= 11 is 0. The Morgan fingerprint density at radius 1 is 1.06 bits per heavy atom. The van der Waals surface area contributed by atoms with Crippen LogP contribution in [0.3, 0.4) is 0 Å². The molecule has 0 unspecified atom stereocenters. The number of nitrogens with zero attached hydrogens (tertiary/aromatic N) is 4. The summed E-state index contributed by atoms with van der Waals surface area (Å²) < 4.78 is 25.0. The Labute approximate surface area is 179 Å². The highest BCUT2D eigenvalue weighted by molar-refractivity contribution is 5.94. The van der Waals surface area contributed by atoms with Gasteiger partial charge < -0.3 is 14.2 Å². The molecule has 0 N–H and O–H groups in total. The van der Waals surface area contributed by atoms with Gasteiger partial charge in [0.1, 0.15) is 11.6 Å². The van der Waals surface area contributed by atoms with E-state index < -0.39 is 0 Å². The third-order valence-electron chi connectivity index (χ3n) is 5.86. The summed E-state index contributed by atoms with van der Waals surface area (Å²) in [4.78, 5) is 11.5. The molecule has 2 aromatic carbocycles. The van der Waals surface area contributed by atoms with Crippen LogP contribution in [0.25, 0.3) is 22.2 Å². The molecule has 2 aromatic heterocycles. The van der Waals surface area contributed by atoms with Gasteiger partial charge in [-0.1, -0.05) is 17.3 Å². The molecular formula is C24H23FN4O2. The van der Waals surface area contributed by atoms with Gasteiger partial charge in [-0.25, -0.2) is 9.37 Å². The van der Waals surface area contributed by atoms with Gasteiger partial charge in [0, 0.05) is 35.6 Å². The number of para-hydroxylation sites is 1. The third-order valence-corrected chi connectivity index (χ3v) is 5.86. The summed E-state index contributed by atoms with van der Waals surface area (Å²) in [6.45, 7) is 3.46. The van der Waals surface area contributed by atoms with Crippen molar-refractivity contribution in [2.24, 2.45) is 0 Å². The number of benzene rings is 2. The summed E-state index contributed by atoms with van der Waals surface area (Å²) in [6, 6.07) is 14.6. The van der Waals surface area contributed by atoms with Crippen LogP contribution in [0, 0.1) is 12.7 Å². The predicted molar refractivity (Wildman–Crippen MR) is 117 cm³/mol. The molecule has 0 spiro atoms. The lowest BCUT2D eigenvalue weighted by Gasteiger charge is -2.33. The first-order chi connectivity index (χ1) is 15.1. The maximum Gasteiger partial charge on any atom is 0.229 e. The van der Waals surface area contributed by atoms with Crippen molar-refractivity contribution < 1.29 is 13.7 Å². The molecule has 0 amide bonds. The van der Waals surface area contributed by atoms with Crippen molar-refractivity contribution in [2.45, 2.75) is 25.7 Å². The fourth-order valence-electron chi connectivity index (χ4n) is 4.28. The van der Waals surface area contributed by atoms with Crippen LogP contribution >= 0.6 is 0 Å². The van der Waals surface area contributed by atoms with E-state index in [4.69, 9.17) is 14.2 Å². The van der Waals surface area contributed by atoms with Crippen molar-refractivity contribution in [2.75, 3.05) is 25.1 Å². The average molecular weight is 418 g/mol. The second-order valence-electron chi connectivity index (χ2n) is 7.83. The van der Waals surface area contributed by atoms with E-state index >= 15 is 0 Å². The zero-order valence-corrected chi connectivity index (χ0v) is 17.5. The number of aromatic nitrogens is 3. The molecule has 3 heterocycles. The lowest BCUT2D eigenvalue weighted by Crippen LogP contribution is -2.33. The number of methoxy groups -OCH3 is 1. The number of anilines is 1. The van der Waals surface area contributed by atoms with Crippen LogP contribution in [0.1, 0.15) is 30.5 Å². The Morgan fingerprint density at radius 2 is 1.87 bits per heavy atom. The van der Waals surface area contributed by atoms with Gasteiger partial charge in [0.2, 0.25) is 5.89 Å². The highest BCUT2D eigenvalue weighted by atomic mass is 19.1. The molecule has 0 aliphatic carbocycles. The number of halogens is 1. The lowest BCUT2D eigenvalue weighted by atomic mass is 9.95. The SMILES string of the molecule is COc1ccccc1-c1cc(N2CCC(c3nc(C)no3)CC2)c2cc(F)ccc2n1. The zero-order chi connectivity index (χ0) is 21.4. The Bertz CT molecular complexity index is 1230. The quantitative estimate of drug-likeness (QED) is 0.458. The minimum atomic E-state index is -0.267. The van der Waals surface area contributed by atoms with E-state index in [-0.39, 0.29) is 11.7 Å². The van der Waals surface area contributed by atoms with Crippen LogP contribution in [0.2, 0.25) is 0 Å². The fourth-order valence-corrected chi connectivity index (χ4v) is 4.28. The Balaban J connectivity index is 1.53. The molecule has 1 aliphatic rings. The van der Waals surface area contributed by atoms with Crippen molar-refractivity contribution in [3.63, 3.8) is 0 Å². The molecule has 0 saturated carbocycles. The van der Waals surface area contributed by atoms with E-state index in [0.29, 0.717) is 11.7 Å². The maximum absolute atomic E-state index is 14.1. The first-order valence-corrected chi connectivity index (χ1v) is 10.4. The van der Waals surface area contributed by atoms with Gasteiger partial charge in [0.15, 0.2) is 5.82 Å². The molecule has 1 fully saturated rings. The normalized spacial score (nSPS) is 14.9. The van der Waals surface area contributed by atoms with Crippen LogP contribution in [0.15, 0.2) is 53.1 Å². The van der Waals surface area contributed by atoms with Gasteiger partial charge in [-0.15, -0.1) is 0 Å². The first-order valence-electron chi connectivity index (χ1n) is 10.4. The summed E-state index contributed by atoms with van der Waals surface area (Å²) in [6.07, 6.45) is 1.79. The Morgan fingerprint density at radius 3 is 2.61 bits per heavy atom. The van der Waals surface area contributed by atoms with Crippen LogP contribution in [-0.2, 0) is 0 Å². The number of aryl methyl sites for hydroxylation is 1. The van der Waals surface area contributed by atoms with Crippen molar-refractivity contribution in [3.8, 4) is 17.0 Å². The molecule has 7 heteroatoms. The standard InChI is InChI=1S/C24H23FN4O2/c1-15-26-24(31-28-15)16-9-11-29(12-10-16)22-14-21(18-5-3-4-6-23(18)30-2)27-20-8-7-17(25)13-19(20)22/h3-8,13-14,16H,9-12H2,1-2H3. The van der Waals surface area contributed by atoms with E-state index in [1.807, 2.05) is 37.3 Å². The number of rotatable bonds is 4. The van der Waals surface area contributed by atoms with Gasteiger partial charge in [-0.3, -0.25) is 0 Å². The zero-order valence-electron chi connectivity index (χ0n) is 17.5. The monoisotopic (exact) mass is 418 g/mol.